The number of likely N-dealkylation sites (N-methyl/N-ethyl adjacent to an activating group) is 1. The summed E-state index contributed by atoms with van der Waals surface area (Å²) in [6.07, 6.45) is 1.06. The van der Waals surface area contributed by atoms with Gasteiger partial charge in [-0.3, -0.25) is 0 Å². The lowest BCUT2D eigenvalue weighted by Gasteiger charge is -2.43. The number of hydrogen-bond donors (Lipinski definition) is 1. The van der Waals surface area contributed by atoms with Crippen LogP contribution in [-0.4, -0.2) is 32.1 Å². The highest BCUT2D eigenvalue weighted by molar-refractivity contribution is 5.41. The summed E-state index contributed by atoms with van der Waals surface area (Å²) in [6, 6.07) is 21.7. The fraction of sp³-hybridized carbons (Fsp3) is 0.400. The normalized spacial score (nSPS) is 13.3. The molecule has 118 valence electrons. The van der Waals surface area contributed by atoms with Gasteiger partial charge in [0.25, 0.3) is 0 Å². The van der Waals surface area contributed by atoms with E-state index >= 15 is 0 Å². The van der Waals surface area contributed by atoms with Crippen molar-refractivity contribution in [3.05, 3.63) is 71.8 Å². The fourth-order valence-corrected chi connectivity index (χ4v) is 3.64. The molecule has 2 nitrogen and oxygen atoms in total. The molecule has 0 amide bonds. The lowest BCUT2D eigenvalue weighted by atomic mass is 9.64. The zero-order valence-electron chi connectivity index (χ0n) is 14.0. The summed E-state index contributed by atoms with van der Waals surface area (Å²) in [4.78, 5) is 2.28. The van der Waals surface area contributed by atoms with Crippen molar-refractivity contribution < 1.29 is 0 Å². The minimum Gasteiger partial charge on any atom is -0.330 e. The molecule has 0 aliphatic heterocycles. The van der Waals surface area contributed by atoms with E-state index in [1.165, 1.54) is 11.1 Å². The summed E-state index contributed by atoms with van der Waals surface area (Å²) >= 11 is 0. The van der Waals surface area contributed by atoms with E-state index in [1.54, 1.807) is 0 Å². The highest BCUT2D eigenvalue weighted by Gasteiger charge is 2.40. The first kappa shape index (κ1) is 16.7. The second kappa shape index (κ2) is 7.57. The first-order valence-electron chi connectivity index (χ1n) is 8.11. The molecule has 22 heavy (non-hydrogen) atoms. The van der Waals surface area contributed by atoms with Gasteiger partial charge in [0.1, 0.15) is 0 Å². The van der Waals surface area contributed by atoms with Crippen molar-refractivity contribution >= 4 is 0 Å². The van der Waals surface area contributed by atoms with E-state index in [2.05, 4.69) is 86.6 Å². The van der Waals surface area contributed by atoms with Crippen molar-refractivity contribution in [1.29, 1.82) is 0 Å². The maximum absolute atomic E-state index is 6.20. The minimum atomic E-state index is -0.0739. The molecule has 0 aliphatic carbocycles. The minimum absolute atomic E-state index is 0.0739. The monoisotopic (exact) mass is 296 g/mol. The van der Waals surface area contributed by atoms with E-state index in [4.69, 9.17) is 5.73 Å². The third kappa shape index (κ3) is 3.23. The van der Waals surface area contributed by atoms with Gasteiger partial charge in [-0.25, -0.2) is 0 Å². The Bertz CT molecular complexity index is 505. The number of hydrogen-bond acceptors (Lipinski definition) is 2. The number of rotatable bonds is 7. The molecule has 2 aromatic rings. The first-order chi connectivity index (χ1) is 10.6. The molecule has 0 saturated carbocycles. The summed E-state index contributed by atoms with van der Waals surface area (Å²) in [6.45, 7) is 3.89. The van der Waals surface area contributed by atoms with Crippen LogP contribution in [0.2, 0.25) is 0 Å². The quantitative estimate of drug-likeness (QED) is 0.847. The first-order valence-corrected chi connectivity index (χ1v) is 8.11. The molecule has 2 aromatic carbocycles. The van der Waals surface area contributed by atoms with Crippen LogP contribution in [0.3, 0.4) is 0 Å². The average Bonchev–Trinajstić information content (AvgIpc) is 2.56. The number of nitrogens with zero attached hydrogens (tertiary/aromatic N) is 1. The van der Waals surface area contributed by atoms with Crippen molar-refractivity contribution in [3.8, 4) is 0 Å². The predicted molar refractivity (Wildman–Crippen MR) is 95.1 cm³/mol. The predicted octanol–water partition coefficient (Wildman–Crippen LogP) is 3.52. The smallest absolute Gasteiger partial charge is 0.0369 e. The second-order valence-corrected chi connectivity index (χ2v) is 6.28. The molecule has 1 unspecified atom stereocenters. The van der Waals surface area contributed by atoms with Crippen LogP contribution in [0.25, 0.3) is 0 Å². The summed E-state index contributed by atoms with van der Waals surface area (Å²) in [5.41, 5.74) is 8.84. The van der Waals surface area contributed by atoms with Gasteiger partial charge in [-0.15, -0.1) is 0 Å². The van der Waals surface area contributed by atoms with E-state index in [-0.39, 0.29) is 5.41 Å². The van der Waals surface area contributed by atoms with Gasteiger partial charge in [-0.05, 0) is 37.7 Å². The maximum atomic E-state index is 6.20. The molecule has 2 N–H and O–H groups in total. The van der Waals surface area contributed by atoms with Crippen molar-refractivity contribution in [3.63, 3.8) is 0 Å². The third-order valence-electron chi connectivity index (χ3n) is 4.62. The maximum Gasteiger partial charge on any atom is 0.0369 e. The Morgan fingerprint density at radius 2 is 1.36 bits per heavy atom. The molecule has 0 heterocycles. The van der Waals surface area contributed by atoms with Gasteiger partial charge in [0.05, 0.1) is 0 Å². The van der Waals surface area contributed by atoms with Crippen LogP contribution in [0, 0.1) is 5.92 Å². The van der Waals surface area contributed by atoms with Crippen molar-refractivity contribution in [1.82, 2.24) is 4.90 Å². The SMILES string of the molecule is CCC(CN)C(CN(C)C)(c1ccccc1)c1ccccc1. The Hall–Kier alpha value is -1.64. The third-order valence-corrected chi connectivity index (χ3v) is 4.62. The largest absolute Gasteiger partial charge is 0.330 e. The van der Waals surface area contributed by atoms with E-state index in [1.807, 2.05) is 0 Å². The molecule has 2 heteroatoms. The molecule has 2 rings (SSSR count). The fourth-order valence-electron chi connectivity index (χ4n) is 3.64. The zero-order valence-corrected chi connectivity index (χ0v) is 14.0. The summed E-state index contributed by atoms with van der Waals surface area (Å²) < 4.78 is 0. The topological polar surface area (TPSA) is 29.3 Å². The van der Waals surface area contributed by atoms with E-state index in [9.17, 15) is 0 Å². The van der Waals surface area contributed by atoms with Crippen LogP contribution < -0.4 is 5.73 Å². The Balaban J connectivity index is 2.68. The van der Waals surface area contributed by atoms with Gasteiger partial charge in [0, 0.05) is 12.0 Å². The second-order valence-electron chi connectivity index (χ2n) is 6.28. The van der Waals surface area contributed by atoms with Gasteiger partial charge in [-0.1, -0.05) is 74.0 Å². The molecular formula is C20H28N2. The molecule has 1 atom stereocenters. The van der Waals surface area contributed by atoms with Crippen molar-refractivity contribution in [2.45, 2.75) is 18.8 Å². The lowest BCUT2D eigenvalue weighted by Crippen LogP contribution is -2.47. The molecule has 0 bridgehead atoms. The van der Waals surface area contributed by atoms with E-state index in [0.717, 1.165) is 13.0 Å². The molecule has 0 spiro atoms. The van der Waals surface area contributed by atoms with Crippen LogP contribution in [0.1, 0.15) is 24.5 Å². The molecule has 0 saturated heterocycles. The lowest BCUT2D eigenvalue weighted by molar-refractivity contribution is 0.233. The van der Waals surface area contributed by atoms with Crippen molar-refractivity contribution in [2.24, 2.45) is 11.7 Å². The average molecular weight is 296 g/mol. The van der Waals surface area contributed by atoms with Gasteiger partial charge in [0.2, 0.25) is 0 Å². The molecule has 0 aliphatic rings. The molecule has 0 radical (unpaired) electrons. The molecule has 0 aromatic heterocycles. The number of nitrogens with two attached hydrogens (primary N) is 1. The standard InChI is InChI=1S/C20H28N2/c1-4-17(15-21)20(16-22(2)3,18-11-7-5-8-12-18)19-13-9-6-10-14-19/h5-14,17H,4,15-16,21H2,1-3H3. The summed E-state index contributed by atoms with van der Waals surface area (Å²) in [5.74, 6) is 0.403. The Morgan fingerprint density at radius 3 is 1.68 bits per heavy atom. The summed E-state index contributed by atoms with van der Waals surface area (Å²) in [5, 5.41) is 0. The van der Waals surface area contributed by atoms with Crippen LogP contribution in [0.15, 0.2) is 60.7 Å². The van der Waals surface area contributed by atoms with E-state index < -0.39 is 0 Å². The van der Waals surface area contributed by atoms with Gasteiger partial charge in [-0.2, -0.15) is 0 Å². The highest BCUT2D eigenvalue weighted by atomic mass is 15.1. The van der Waals surface area contributed by atoms with Crippen LogP contribution in [-0.2, 0) is 5.41 Å². The Morgan fingerprint density at radius 1 is 0.909 bits per heavy atom. The highest BCUT2D eigenvalue weighted by Crippen LogP contribution is 2.41. The summed E-state index contributed by atoms with van der Waals surface area (Å²) in [7, 11) is 4.29. The van der Waals surface area contributed by atoms with Crippen LogP contribution in [0.5, 0.6) is 0 Å². The molecule has 0 fully saturated rings. The molecular weight excluding hydrogens is 268 g/mol. The van der Waals surface area contributed by atoms with Gasteiger partial charge < -0.3 is 10.6 Å². The van der Waals surface area contributed by atoms with Gasteiger partial charge >= 0.3 is 0 Å². The Kier molecular flexibility index (Phi) is 5.76. The van der Waals surface area contributed by atoms with Crippen LogP contribution in [0.4, 0.5) is 0 Å². The van der Waals surface area contributed by atoms with Crippen molar-refractivity contribution in [2.75, 3.05) is 27.2 Å². The number of benzene rings is 2. The van der Waals surface area contributed by atoms with Crippen LogP contribution >= 0.6 is 0 Å². The zero-order chi connectivity index (χ0) is 16.0. The van der Waals surface area contributed by atoms with E-state index in [0.29, 0.717) is 12.5 Å². The Labute approximate surface area is 135 Å². The van der Waals surface area contributed by atoms with Gasteiger partial charge in [0.15, 0.2) is 0 Å².